The Bertz CT molecular complexity index is 904. The van der Waals surface area contributed by atoms with Crippen molar-refractivity contribution in [1.29, 1.82) is 0 Å². The van der Waals surface area contributed by atoms with Crippen molar-refractivity contribution in [1.82, 2.24) is 15.1 Å². The number of hydrogen-bond acceptors (Lipinski definition) is 5. The van der Waals surface area contributed by atoms with E-state index in [1.807, 2.05) is 0 Å². The zero-order valence-corrected chi connectivity index (χ0v) is 14.3. The number of nitrogens with zero attached hydrogens (tertiary/aromatic N) is 2. The predicted molar refractivity (Wildman–Crippen MR) is 91.6 cm³/mol. The third-order valence-electron chi connectivity index (χ3n) is 3.52. The Morgan fingerprint density at radius 2 is 2.00 bits per heavy atom. The molecule has 0 aliphatic heterocycles. The topological polar surface area (TPSA) is 98.1 Å². The first-order valence-corrected chi connectivity index (χ1v) is 9.28. The molecule has 2 aromatic rings. The van der Waals surface area contributed by atoms with Crippen molar-refractivity contribution in [3.05, 3.63) is 52.3 Å². The fourth-order valence-electron chi connectivity index (χ4n) is 2.04. The average molecular weight is 349 g/mol. The van der Waals surface area contributed by atoms with Gasteiger partial charge in [0.2, 0.25) is 0 Å². The molecule has 8 heteroatoms. The Morgan fingerprint density at radius 3 is 2.67 bits per heavy atom. The van der Waals surface area contributed by atoms with Crippen LogP contribution in [0.15, 0.2) is 41.2 Å². The summed E-state index contributed by atoms with van der Waals surface area (Å²) in [5, 5.41) is 6.74. The van der Waals surface area contributed by atoms with Crippen LogP contribution in [0.2, 0.25) is 0 Å². The molecule has 1 aromatic heterocycles. The van der Waals surface area contributed by atoms with Crippen molar-refractivity contribution in [2.24, 2.45) is 7.05 Å². The van der Waals surface area contributed by atoms with Crippen LogP contribution < -0.4 is 10.9 Å². The van der Waals surface area contributed by atoms with Crippen LogP contribution >= 0.6 is 0 Å². The molecule has 1 aromatic carbocycles. The standard InChI is InChI=1S/C16H19N3O4S/c1-3-24(22,23)10-9-17-16(21)13-6-4-5-12(11-13)14-7-8-15(20)19(2)18-14/h4-8,11H,3,9-10H2,1-2H3,(H,17,21). The zero-order valence-electron chi connectivity index (χ0n) is 13.5. The molecule has 0 aliphatic rings. The Hall–Kier alpha value is -2.48. The molecule has 0 bridgehead atoms. The second-order valence-electron chi connectivity index (χ2n) is 5.25. The molecule has 0 fully saturated rings. The highest BCUT2D eigenvalue weighted by molar-refractivity contribution is 7.91. The highest BCUT2D eigenvalue weighted by Crippen LogP contribution is 2.17. The molecule has 7 nitrogen and oxygen atoms in total. The van der Waals surface area contributed by atoms with Gasteiger partial charge in [0.25, 0.3) is 11.5 Å². The second kappa shape index (κ2) is 7.39. The molecular formula is C16H19N3O4S. The Morgan fingerprint density at radius 1 is 1.25 bits per heavy atom. The summed E-state index contributed by atoms with van der Waals surface area (Å²) in [6.45, 7) is 1.64. The van der Waals surface area contributed by atoms with Gasteiger partial charge in [0.05, 0.1) is 11.4 Å². The predicted octanol–water partition coefficient (Wildman–Crippen LogP) is 0.612. The lowest BCUT2D eigenvalue weighted by atomic mass is 10.1. The van der Waals surface area contributed by atoms with Gasteiger partial charge in [0, 0.05) is 36.5 Å². The molecule has 0 unspecified atom stereocenters. The number of aryl methyl sites for hydroxylation is 1. The van der Waals surface area contributed by atoms with Crippen molar-refractivity contribution in [2.45, 2.75) is 6.92 Å². The fraction of sp³-hybridized carbons (Fsp3) is 0.312. The first kappa shape index (κ1) is 17.9. The molecule has 0 atom stereocenters. The number of rotatable bonds is 6. The van der Waals surface area contributed by atoms with E-state index in [0.717, 1.165) is 0 Å². The van der Waals surface area contributed by atoms with Crippen LogP contribution in [-0.2, 0) is 16.9 Å². The Labute approximate surface area is 140 Å². The first-order chi connectivity index (χ1) is 11.3. The third kappa shape index (κ3) is 4.51. The van der Waals surface area contributed by atoms with E-state index >= 15 is 0 Å². The van der Waals surface area contributed by atoms with E-state index in [2.05, 4.69) is 10.4 Å². The van der Waals surface area contributed by atoms with E-state index in [1.165, 1.54) is 10.7 Å². The minimum absolute atomic E-state index is 0.0523. The lowest BCUT2D eigenvalue weighted by Gasteiger charge is -2.07. The number of carbonyl (C=O) groups excluding carboxylic acids is 1. The van der Waals surface area contributed by atoms with Crippen molar-refractivity contribution in [3.8, 4) is 11.3 Å². The van der Waals surface area contributed by atoms with E-state index in [4.69, 9.17) is 0 Å². The minimum atomic E-state index is -3.11. The summed E-state index contributed by atoms with van der Waals surface area (Å²) in [6, 6.07) is 9.77. The van der Waals surface area contributed by atoms with Gasteiger partial charge in [-0.25, -0.2) is 13.1 Å². The number of nitrogens with one attached hydrogen (secondary N) is 1. The first-order valence-electron chi connectivity index (χ1n) is 7.46. The molecular weight excluding hydrogens is 330 g/mol. The molecule has 0 spiro atoms. The summed E-state index contributed by atoms with van der Waals surface area (Å²) in [6.07, 6.45) is 0. The Kier molecular flexibility index (Phi) is 5.50. The van der Waals surface area contributed by atoms with Crippen molar-refractivity contribution < 1.29 is 13.2 Å². The normalized spacial score (nSPS) is 11.2. The summed E-state index contributed by atoms with van der Waals surface area (Å²) in [5.41, 5.74) is 1.45. The van der Waals surface area contributed by atoms with E-state index in [-0.39, 0.29) is 29.5 Å². The number of sulfone groups is 1. The van der Waals surface area contributed by atoms with Gasteiger partial charge in [-0.3, -0.25) is 9.59 Å². The van der Waals surface area contributed by atoms with Crippen LogP contribution in [0, 0.1) is 0 Å². The molecule has 0 saturated carbocycles. The molecule has 128 valence electrons. The lowest BCUT2D eigenvalue weighted by molar-refractivity contribution is 0.0956. The molecule has 24 heavy (non-hydrogen) atoms. The summed E-state index contributed by atoms with van der Waals surface area (Å²) in [7, 11) is -1.56. The van der Waals surface area contributed by atoms with Gasteiger partial charge in [-0.15, -0.1) is 0 Å². The quantitative estimate of drug-likeness (QED) is 0.824. The minimum Gasteiger partial charge on any atom is -0.351 e. The summed E-state index contributed by atoms with van der Waals surface area (Å²) in [4.78, 5) is 23.5. The van der Waals surface area contributed by atoms with E-state index in [1.54, 1.807) is 44.3 Å². The van der Waals surface area contributed by atoms with E-state index < -0.39 is 9.84 Å². The zero-order chi connectivity index (χ0) is 17.7. The number of aromatic nitrogens is 2. The van der Waals surface area contributed by atoms with Crippen molar-refractivity contribution >= 4 is 15.7 Å². The maximum atomic E-state index is 12.1. The number of amides is 1. The van der Waals surface area contributed by atoms with Gasteiger partial charge in [0.1, 0.15) is 0 Å². The number of carbonyl (C=O) groups is 1. The van der Waals surface area contributed by atoms with Gasteiger partial charge in [-0.05, 0) is 18.2 Å². The van der Waals surface area contributed by atoms with Crippen LogP contribution in [0.5, 0.6) is 0 Å². The monoisotopic (exact) mass is 349 g/mol. The Balaban J connectivity index is 2.13. The number of hydrogen-bond donors (Lipinski definition) is 1. The van der Waals surface area contributed by atoms with Gasteiger partial charge in [-0.2, -0.15) is 5.10 Å². The molecule has 1 heterocycles. The van der Waals surface area contributed by atoms with Crippen LogP contribution in [0.3, 0.4) is 0 Å². The van der Waals surface area contributed by atoms with Gasteiger partial charge >= 0.3 is 0 Å². The SMILES string of the molecule is CCS(=O)(=O)CCNC(=O)c1cccc(-c2ccc(=O)n(C)n2)c1. The smallest absolute Gasteiger partial charge is 0.266 e. The molecule has 1 amide bonds. The average Bonchev–Trinajstić information content (AvgIpc) is 2.57. The van der Waals surface area contributed by atoms with Crippen molar-refractivity contribution in [3.63, 3.8) is 0 Å². The van der Waals surface area contributed by atoms with Crippen LogP contribution in [0.1, 0.15) is 17.3 Å². The molecule has 1 N–H and O–H groups in total. The van der Waals surface area contributed by atoms with Crippen LogP contribution in [0.25, 0.3) is 11.3 Å². The maximum Gasteiger partial charge on any atom is 0.266 e. The highest BCUT2D eigenvalue weighted by Gasteiger charge is 2.11. The summed E-state index contributed by atoms with van der Waals surface area (Å²) < 4.78 is 24.1. The largest absolute Gasteiger partial charge is 0.351 e. The van der Waals surface area contributed by atoms with E-state index in [0.29, 0.717) is 16.8 Å². The second-order valence-corrected chi connectivity index (χ2v) is 7.73. The maximum absolute atomic E-state index is 12.1. The van der Waals surface area contributed by atoms with Gasteiger partial charge < -0.3 is 5.32 Å². The fourth-order valence-corrected chi connectivity index (χ4v) is 2.74. The van der Waals surface area contributed by atoms with Gasteiger partial charge in [-0.1, -0.05) is 19.1 Å². The van der Waals surface area contributed by atoms with Crippen molar-refractivity contribution in [2.75, 3.05) is 18.1 Å². The molecule has 0 saturated heterocycles. The van der Waals surface area contributed by atoms with Gasteiger partial charge in [0.15, 0.2) is 9.84 Å². The number of benzene rings is 1. The molecule has 2 rings (SSSR count). The molecule has 0 aliphatic carbocycles. The van der Waals surface area contributed by atoms with Crippen LogP contribution in [-0.4, -0.2) is 42.2 Å². The third-order valence-corrected chi connectivity index (χ3v) is 5.23. The summed E-state index contributed by atoms with van der Waals surface area (Å²) >= 11 is 0. The lowest BCUT2D eigenvalue weighted by Crippen LogP contribution is -2.29. The highest BCUT2D eigenvalue weighted by atomic mass is 32.2. The summed E-state index contributed by atoms with van der Waals surface area (Å²) in [5.74, 6) is -0.387. The van der Waals surface area contributed by atoms with E-state index in [9.17, 15) is 18.0 Å². The van der Waals surface area contributed by atoms with Crippen LogP contribution in [0.4, 0.5) is 0 Å². The molecule has 0 radical (unpaired) electrons.